The lowest BCUT2D eigenvalue weighted by Gasteiger charge is -2.10. The Morgan fingerprint density at radius 3 is 2.17 bits per heavy atom. The summed E-state index contributed by atoms with van der Waals surface area (Å²) in [6.07, 6.45) is 13.4. The summed E-state index contributed by atoms with van der Waals surface area (Å²) in [6.45, 7) is 2.26. The summed E-state index contributed by atoms with van der Waals surface area (Å²) >= 11 is 0. The van der Waals surface area contributed by atoms with E-state index in [9.17, 15) is 4.79 Å². The van der Waals surface area contributed by atoms with E-state index >= 15 is 0 Å². The lowest BCUT2D eigenvalue weighted by molar-refractivity contribution is -0.116. The molecule has 0 unspecified atom stereocenters. The molecule has 0 aromatic heterocycles. The zero-order valence-electron chi connectivity index (χ0n) is 14.5. The van der Waals surface area contributed by atoms with E-state index in [-0.39, 0.29) is 5.91 Å². The Morgan fingerprint density at radius 2 is 1.52 bits per heavy atom. The van der Waals surface area contributed by atoms with Crippen LogP contribution < -0.4 is 5.01 Å². The zero-order valence-corrected chi connectivity index (χ0v) is 14.5. The molecule has 0 atom stereocenters. The molecular formula is C20H30N2O. The number of unbranched alkanes of at least 4 members (excludes halogenated alkanes) is 8. The summed E-state index contributed by atoms with van der Waals surface area (Å²) < 4.78 is 0. The van der Waals surface area contributed by atoms with Crippen molar-refractivity contribution in [1.29, 1.82) is 0 Å². The van der Waals surface area contributed by atoms with Gasteiger partial charge in [-0.3, -0.25) is 4.79 Å². The average Bonchev–Trinajstić information content (AvgIpc) is 2.95. The number of nitrogens with zero attached hydrogens (tertiary/aromatic N) is 2. The molecule has 1 aromatic rings. The minimum Gasteiger partial charge on any atom is -0.272 e. The summed E-state index contributed by atoms with van der Waals surface area (Å²) in [4.78, 5) is 12.1. The first-order valence-corrected chi connectivity index (χ1v) is 9.25. The summed E-state index contributed by atoms with van der Waals surface area (Å²) in [5, 5.41) is 6.07. The number of anilines is 1. The van der Waals surface area contributed by atoms with Crippen molar-refractivity contribution in [1.82, 2.24) is 0 Å². The molecule has 3 heteroatoms. The molecule has 0 radical (unpaired) electrons. The van der Waals surface area contributed by atoms with Gasteiger partial charge in [0, 0.05) is 5.71 Å². The van der Waals surface area contributed by atoms with Crippen molar-refractivity contribution < 1.29 is 4.79 Å². The van der Waals surface area contributed by atoms with E-state index < -0.39 is 0 Å². The maximum atomic E-state index is 12.1. The first-order chi connectivity index (χ1) is 11.3. The monoisotopic (exact) mass is 314 g/mol. The van der Waals surface area contributed by atoms with Crippen LogP contribution in [-0.2, 0) is 4.79 Å². The minimum absolute atomic E-state index is 0.0992. The van der Waals surface area contributed by atoms with Crippen LogP contribution in [0.15, 0.2) is 35.4 Å². The maximum absolute atomic E-state index is 12.1. The van der Waals surface area contributed by atoms with Crippen LogP contribution in [0, 0.1) is 0 Å². The normalized spacial score (nSPS) is 14.4. The Bertz CT molecular complexity index is 496. The molecule has 1 heterocycles. The number of benzene rings is 1. The van der Waals surface area contributed by atoms with Crippen molar-refractivity contribution >= 4 is 17.3 Å². The number of amides is 1. The van der Waals surface area contributed by atoms with Gasteiger partial charge >= 0.3 is 0 Å². The van der Waals surface area contributed by atoms with Gasteiger partial charge in [-0.15, -0.1) is 0 Å². The molecule has 1 amide bonds. The second-order valence-electron chi connectivity index (χ2n) is 6.46. The van der Waals surface area contributed by atoms with E-state index in [1.54, 1.807) is 5.01 Å². The van der Waals surface area contributed by atoms with Gasteiger partial charge in [0.1, 0.15) is 0 Å². The van der Waals surface area contributed by atoms with Crippen LogP contribution in [0.4, 0.5) is 5.69 Å². The topological polar surface area (TPSA) is 32.7 Å². The molecule has 0 saturated carbocycles. The minimum atomic E-state index is 0.0992. The smallest absolute Gasteiger partial charge is 0.253 e. The van der Waals surface area contributed by atoms with Gasteiger partial charge in [0.15, 0.2) is 0 Å². The van der Waals surface area contributed by atoms with E-state index in [1.807, 2.05) is 30.3 Å². The average molecular weight is 314 g/mol. The van der Waals surface area contributed by atoms with Crippen LogP contribution in [0.3, 0.4) is 0 Å². The fourth-order valence-electron chi connectivity index (χ4n) is 3.03. The van der Waals surface area contributed by atoms with Gasteiger partial charge in [-0.1, -0.05) is 76.5 Å². The molecule has 3 nitrogen and oxygen atoms in total. The zero-order chi connectivity index (χ0) is 16.3. The highest BCUT2D eigenvalue weighted by atomic mass is 16.2. The highest BCUT2D eigenvalue weighted by molar-refractivity contribution is 6.12. The highest BCUT2D eigenvalue weighted by Crippen LogP contribution is 2.21. The third kappa shape index (κ3) is 6.17. The van der Waals surface area contributed by atoms with Crippen molar-refractivity contribution in [3.05, 3.63) is 30.3 Å². The number of hydrogen-bond donors (Lipinski definition) is 0. The quantitative estimate of drug-likeness (QED) is 0.482. The Hall–Kier alpha value is -1.64. The van der Waals surface area contributed by atoms with Gasteiger partial charge in [-0.2, -0.15) is 5.10 Å². The van der Waals surface area contributed by atoms with Crippen molar-refractivity contribution in [3.63, 3.8) is 0 Å². The van der Waals surface area contributed by atoms with Crippen LogP contribution in [0.25, 0.3) is 0 Å². The Labute approximate surface area is 140 Å². The maximum Gasteiger partial charge on any atom is 0.253 e. The summed E-state index contributed by atoms with van der Waals surface area (Å²) in [7, 11) is 0. The molecule has 1 aliphatic heterocycles. The first kappa shape index (κ1) is 17.7. The molecule has 0 spiro atoms. The lowest BCUT2D eigenvalue weighted by Crippen LogP contribution is -2.19. The molecule has 23 heavy (non-hydrogen) atoms. The standard InChI is InChI=1S/C20H30N2O/c1-2-3-4-5-6-7-8-9-11-14-18-17-20(23)22(21-18)19-15-12-10-13-16-19/h10,12-13,15-16H,2-9,11,14,17H2,1H3. The van der Waals surface area contributed by atoms with Crippen LogP contribution in [0.2, 0.25) is 0 Å². The van der Waals surface area contributed by atoms with Gasteiger partial charge in [0.25, 0.3) is 5.91 Å². The van der Waals surface area contributed by atoms with Gasteiger partial charge in [-0.05, 0) is 25.0 Å². The van der Waals surface area contributed by atoms with Crippen molar-refractivity contribution in [2.24, 2.45) is 5.10 Å². The van der Waals surface area contributed by atoms with Gasteiger partial charge < -0.3 is 0 Å². The molecule has 0 bridgehead atoms. The summed E-state index contributed by atoms with van der Waals surface area (Å²) in [5.41, 5.74) is 1.92. The molecule has 1 aromatic carbocycles. The van der Waals surface area contributed by atoms with Crippen LogP contribution >= 0.6 is 0 Å². The van der Waals surface area contributed by atoms with Gasteiger partial charge in [0.05, 0.1) is 12.1 Å². The molecule has 0 aliphatic carbocycles. The van der Waals surface area contributed by atoms with E-state index in [0.717, 1.165) is 24.2 Å². The Balaban J connectivity index is 1.60. The number of carbonyl (C=O) groups excluding carboxylic acids is 1. The summed E-state index contributed by atoms with van der Waals surface area (Å²) in [5.74, 6) is 0.0992. The fourth-order valence-corrected chi connectivity index (χ4v) is 3.03. The van der Waals surface area contributed by atoms with E-state index in [2.05, 4.69) is 12.0 Å². The second-order valence-corrected chi connectivity index (χ2v) is 6.46. The Kier molecular flexibility index (Phi) is 7.85. The predicted molar refractivity (Wildman–Crippen MR) is 97.8 cm³/mol. The molecule has 126 valence electrons. The van der Waals surface area contributed by atoms with E-state index in [1.165, 1.54) is 51.4 Å². The number of hydrazone groups is 1. The van der Waals surface area contributed by atoms with E-state index in [4.69, 9.17) is 0 Å². The third-order valence-corrected chi connectivity index (χ3v) is 4.40. The molecule has 0 saturated heterocycles. The third-order valence-electron chi connectivity index (χ3n) is 4.40. The van der Waals surface area contributed by atoms with Crippen LogP contribution in [0.5, 0.6) is 0 Å². The second kappa shape index (κ2) is 10.2. The van der Waals surface area contributed by atoms with Crippen LogP contribution in [0.1, 0.15) is 77.6 Å². The number of rotatable bonds is 11. The number of hydrogen-bond acceptors (Lipinski definition) is 2. The molecule has 2 rings (SSSR count). The van der Waals surface area contributed by atoms with Crippen molar-refractivity contribution in [3.8, 4) is 0 Å². The van der Waals surface area contributed by atoms with Crippen molar-refractivity contribution in [2.45, 2.75) is 77.6 Å². The van der Waals surface area contributed by atoms with Gasteiger partial charge in [0.2, 0.25) is 0 Å². The number of para-hydroxylation sites is 1. The van der Waals surface area contributed by atoms with Crippen LogP contribution in [-0.4, -0.2) is 11.6 Å². The first-order valence-electron chi connectivity index (χ1n) is 9.25. The van der Waals surface area contributed by atoms with Crippen molar-refractivity contribution in [2.75, 3.05) is 5.01 Å². The van der Waals surface area contributed by atoms with Gasteiger partial charge in [-0.25, -0.2) is 5.01 Å². The number of carbonyl (C=O) groups is 1. The molecule has 0 fully saturated rings. The predicted octanol–water partition coefficient (Wildman–Crippen LogP) is 5.70. The summed E-state index contributed by atoms with van der Waals surface area (Å²) in [6, 6.07) is 9.70. The van der Waals surface area contributed by atoms with E-state index in [0.29, 0.717) is 6.42 Å². The highest BCUT2D eigenvalue weighted by Gasteiger charge is 2.24. The lowest BCUT2D eigenvalue weighted by atomic mass is 10.0. The SMILES string of the molecule is CCCCCCCCCCCC1=NN(c2ccccc2)C(=O)C1. The Morgan fingerprint density at radius 1 is 0.913 bits per heavy atom. The fraction of sp³-hybridized carbons (Fsp3) is 0.600. The molecular weight excluding hydrogens is 284 g/mol. The molecule has 1 aliphatic rings. The molecule has 0 N–H and O–H groups in total. The largest absolute Gasteiger partial charge is 0.272 e.